The molecule has 0 aliphatic rings. The van der Waals surface area contributed by atoms with Gasteiger partial charge in [0.2, 0.25) is 0 Å². The maximum Gasteiger partial charge on any atom is 0.573 e. The van der Waals surface area contributed by atoms with Gasteiger partial charge in [0.25, 0.3) is 0 Å². The lowest BCUT2D eigenvalue weighted by molar-refractivity contribution is -0.275. The van der Waals surface area contributed by atoms with Crippen LogP contribution in [-0.2, 0) is 6.54 Å². The molecule has 0 aromatic heterocycles. The number of carbonyl (C=O) groups is 1. The molecule has 0 radical (unpaired) electrons. The molecule has 0 aliphatic heterocycles. The van der Waals surface area contributed by atoms with Crippen molar-refractivity contribution in [2.45, 2.75) is 39.6 Å². The summed E-state index contributed by atoms with van der Waals surface area (Å²) < 4.78 is 54.7. The van der Waals surface area contributed by atoms with Crippen molar-refractivity contribution in [3.63, 3.8) is 0 Å². The molecule has 8 heteroatoms. The van der Waals surface area contributed by atoms with E-state index in [1.54, 1.807) is 49.3 Å². The van der Waals surface area contributed by atoms with Gasteiger partial charge in [0, 0.05) is 17.7 Å². The van der Waals surface area contributed by atoms with Crippen LogP contribution < -0.4 is 14.2 Å². The molecule has 5 nitrogen and oxygen atoms in total. The molecule has 0 saturated heterocycles. The highest BCUT2D eigenvalue weighted by Gasteiger charge is 2.35. The molecule has 2 aromatic rings. The van der Waals surface area contributed by atoms with E-state index in [0.717, 1.165) is 12.8 Å². The molecular weight excluding hydrogens is 399 g/mol. The number of halogens is 3. The van der Waals surface area contributed by atoms with Gasteiger partial charge in [-0.15, -0.1) is 13.2 Å². The Hall–Kier alpha value is -2.74. The van der Waals surface area contributed by atoms with Crippen molar-refractivity contribution >= 4 is 5.97 Å². The number of carbonyl (C=O) groups excluding carboxylic acids is 1. The van der Waals surface area contributed by atoms with Crippen LogP contribution in [0.5, 0.6) is 17.2 Å². The summed E-state index contributed by atoms with van der Waals surface area (Å²) in [7, 11) is 3.45. The average molecular weight is 425 g/mol. The zero-order valence-electron chi connectivity index (χ0n) is 17.5. The maximum absolute atomic E-state index is 13.1. The maximum atomic E-state index is 13.1. The fourth-order valence-corrected chi connectivity index (χ4v) is 2.89. The summed E-state index contributed by atoms with van der Waals surface area (Å²) in [6.45, 7) is 3.87. The van der Waals surface area contributed by atoms with E-state index in [2.05, 4.69) is 4.74 Å². The molecule has 2 aromatic carbocycles. The lowest BCUT2D eigenvalue weighted by atomic mass is 10.0. The Morgan fingerprint density at radius 3 is 2.37 bits per heavy atom. The summed E-state index contributed by atoms with van der Waals surface area (Å²) in [5.74, 6) is -0.780. The first-order valence-electron chi connectivity index (χ1n) is 9.59. The van der Waals surface area contributed by atoms with E-state index in [-0.39, 0.29) is 34.7 Å². The van der Waals surface area contributed by atoms with Gasteiger partial charge in [-0.2, -0.15) is 0 Å². The van der Waals surface area contributed by atoms with Crippen LogP contribution in [0.4, 0.5) is 13.2 Å². The van der Waals surface area contributed by atoms with Crippen LogP contribution in [0.25, 0.3) is 0 Å². The third-order valence-electron chi connectivity index (χ3n) is 4.18. The monoisotopic (exact) mass is 425 g/mol. The highest BCUT2D eigenvalue weighted by molar-refractivity contribution is 5.96. The molecule has 0 atom stereocenters. The lowest BCUT2D eigenvalue weighted by Gasteiger charge is -2.22. The Morgan fingerprint density at radius 2 is 1.80 bits per heavy atom. The van der Waals surface area contributed by atoms with Gasteiger partial charge in [0.15, 0.2) is 0 Å². The number of unbranched alkanes of at least 4 members (excludes halogenated alkanes) is 1. The van der Waals surface area contributed by atoms with E-state index in [1.807, 2.05) is 6.92 Å². The molecule has 0 amide bonds. The smallest absolute Gasteiger partial charge is 0.493 e. The first-order valence-corrected chi connectivity index (χ1v) is 9.59. The van der Waals surface area contributed by atoms with Crippen molar-refractivity contribution in [1.29, 1.82) is 0 Å². The second-order valence-corrected chi connectivity index (χ2v) is 7.05. The second kappa shape index (κ2) is 10.3. The van der Waals surface area contributed by atoms with E-state index in [1.165, 1.54) is 13.0 Å². The molecule has 0 bridgehead atoms. The molecular formula is C22H26F3NO4. The van der Waals surface area contributed by atoms with Gasteiger partial charge in [-0.05, 0) is 45.6 Å². The van der Waals surface area contributed by atoms with Crippen molar-refractivity contribution < 1.29 is 32.2 Å². The molecule has 0 unspecified atom stereocenters. The summed E-state index contributed by atoms with van der Waals surface area (Å²) in [5.41, 5.74) is 0.188. The van der Waals surface area contributed by atoms with Crippen molar-refractivity contribution in [3.05, 3.63) is 53.1 Å². The molecule has 164 valence electrons. The first kappa shape index (κ1) is 23.5. The van der Waals surface area contributed by atoms with E-state index >= 15 is 0 Å². The van der Waals surface area contributed by atoms with Crippen molar-refractivity contribution in [2.24, 2.45) is 0 Å². The standard InChI is InChI=1S/C22H26F3NO4/c1-5-6-12-28-18-13-16(14-26(3)4)20(30-22(23,24)25)15(2)19(18)21(27)29-17-10-8-7-9-11-17/h7-11,13H,5-6,12,14H2,1-4H3. The minimum Gasteiger partial charge on any atom is -0.493 e. The van der Waals surface area contributed by atoms with Crippen molar-refractivity contribution in [1.82, 2.24) is 4.90 Å². The molecule has 0 fully saturated rings. The minimum atomic E-state index is -4.91. The minimum absolute atomic E-state index is 0.0131. The van der Waals surface area contributed by atoms with Crippen LogP contribution in [0.1, 0.15) is 41.3 Å². The van der Waals surface area contributed by atoms with Crippen LogP contribution in [-0.4, -0.2) is 37.9 Å². The van der Waals surface area contributed by atoms with Gasteiger partial charge >= 0.3 is 12.3 Å². The lowest BCUT2D eigenvalue weighted by Crippen LogP contribution is -2.23. The highest BCUT2D eigenvalue weighted by Crippen LogP contribution is 2.38. The molecule has 2 rings (SSSR count). The number of ether oxygens (including phenoxy) is 3. The van der Waals surface area contributed by atoms with Gasteiger partial charge < -0.3 is 19.1 Å². The molecule has 30 heavy (non-hydrogen) atoms. The Bertz CT molecular complexity index is 852. The fraction of sp³-hybridized carbons (Fsp3) is 0.409. The van der Waals surface area contributed by atoms with E-state index in [0.29, 0.717) is 6.61 Å². The summed E-state index contributed by atoms with van der Waals surface area (Å²) in [6.07, 6.45) is -3.31. The SMILES string of the molecule is CCCCOc1cc(CN(C)C)c(OC(F)(F)F)c(C)c1C(=O)Oc1ccccc1. The van der Waals surface area contributed by atoms with Gasteiger partial charge in [0.1, 0.15) is 22.8 Å². The molecule has 0 aliphatic carbocycles. The van der Waals surface area contributed by atoms with Gasteiger partial charge in [-0.1, -0.05) is 31.5 Å². The van der Waals surface area contributed by atoms with E-state index in [4.69, 9.17) is 9.47 Å². The van der Waals surface area contributed by atoms with Gasteiger partial charge in [0.05, 0.1) is 6.61 Å². The number of benzene rings is 2. The Labute approximate surface area is 174 Å². The van der Waals surface area contributed by atoms with Crippen molar-refractivity contribution in [3.8, 4) is 17.2 Å². The van der Waals surface area contributed by atoms with Crippen LogP contribution >= 0.6 is 0 Å². The molecule has 0 N–H and O–H groups in total. The number of hydrogen-bond donors (Lipinski definition) is 0. The number of hydrogen-bond acceptors (Lipinski definition) is 5. The predicted molar refractivity (Wildman–Crippen MR) is 107 cm³/mol. The largest absolute Gasteiger partial charge is 0.573 e. The fourth-order valence-electron chi connectivity index (χ4n) is 2.89. The van der Waals surface area contributed by atoms with Crippen molar-refractivity contribution in [2.75, 3.05) is 20.7 Å². The third kappa shape index (κ3) is 6.66. The number of para-hydroxylation sites is 1. The summed E-state index contributed by atoms with van der Waals surface area (Å²) in [6, 6.07) is 9.72. The number of esters is 1. The normalized spacial score (nSPS) is 11.5. The summed E-state index contributed by atoms with van der Waals surface area (Å²) >= 11 is 0. The zero-order chi connectivity index (χ0) is 22.3. The molecule has 0 saturated carbocycles. The van der Waals surface area contributed by atoms with Crippen LogP contribution in [0.3, 0.4) is 0 Å². The Kier molecular flexibility index (Phi) is 8.11. The second-order valence-electron chi connectivity index (χ2n) is 7.05. The van der Waals surface area contributed by atoms with E-state index in [9.17, 15) is 18.0 Å². The Balaban J connectivity index is 2.56. The number of nitrogens with zero attached hydrogens (tertiary/aromatic N) is 1. The predicted octanol–water partition coefficient (Wildman–Crippen LogP) is 5.35. The van der Waals surface area contributed by atoms with Gasteiger partial charge in [-0.3, -0.25) is 0 Å². The van der Waals surface area contributed by atoms with Crippen LogP contribution in [0.2, 0.25) is 0 Å². The molecule has 0 spiro atoms. The van der Waals surface area contributed by atoms with E-state index < -0.39 is 18.1 Å². The third-order valence-corrected chi connectivity index (χ3v) is 4.18. The summed E-state index contributed by atoms with van der Waals surface area (Å²) in [4.78, 5) is 14.6. The average Bonchev–Trinajstić information content (AvgIpc) is 2.64. The quantitative estimate of drug-likeness (QED) is 0.308. The number of alkyl halides is 3. The van der Waals surface area contributed by atoms with Gasteiger partial charge in [-0.25, -0.2) is 4.79 Å². The molecule has 0 heterocycles. The summed E-state index contributed by atoms with van der Waals surface area (Å²) in [5, 5.41) is 0. The Morgan fingerprint density at radius 1 is 1.13 bits per heavy atom. The van der Waals surface area contributed by atoms with Crippen LogP contribution in [0.15, 0.2) is 36.4 Å². The topological polar surface area (TPSA) is 48.0 Å². The highest BCUT2D eigenvalue weighted by atomic mass is 19.4. The zero-order valence-corrected chi connectivity index (χ0v) is 17.5. The van der Waals surface area contributed by atoms with Crippen LogP contribution in [0, 0.1) is 6.92 Å². The first-order chi connectivity index (χ1) is 14.1. The number of rotatable bonds is 9.